The quantitative estimate of drug-likeness (QED) is 0.817. The van der Waals surface area contributed by atoms with Crippen molar-refractivity contribution in [2.75, 3.05) is 7.11 Å². The van der Waals surface area contributed by atoms with Crippen LogP contribution < -0.4 is 5.73 Å². The number of nitrogens with zero attached hydrogens (tertiary/aromatic N) is 1. The summed E-state index contributed by atoms with van der Waals surface area (Å²) in [6.07, 6.45) is 3.32. The Hall–Kier alpha value is -0.910. The Labute approximate surface area is 94.9 Å². The average Bonchev–Trinajstić information content (AvgIpc) is 2.85. The minimum atomic E-state index is 0.276. The zero-order valence-corrected chi connectivity index (χ0v) is 9.52. The van der Waals surface area contributed by atoms with Gasteiger partial charge in [0.15, 0.2) is 5.76 Å². The highest BCUT2D eigenvalue weighted by Crippen LogP contribution is 2.21. The molecule has 90 valence electrons. The van der Waals surface area contributed by atoms with Gasteiger partial charge in [0.1, 0.15) is 12.3 Å². The molecule has 2 unspecified atom stereocenters. The molecule has 0 bridgehead atoms. The molecule has 1 aromatic heterocycles. The van der Waals surface area contributed by atoms with E-state index in [1.165, 1.54) is 0 Å². The van der Waals surface area contributed by atoms with Crippen LogP contribution >= 0.6 is 0 Å². The molecular weight excluding hydrogens is 208 g/mol. The molecule has 16 heavy (non-hydrogen) atoms. The Morgan fingerprint density at radius 1 is 1.50 bits per heavy atom. The normalized spacial score (nSPS) is 25.1. The van der Waals surface area contributed by atoms with Crippen molar-refractivity contribution in [3.8, 4) is 0 Å². The molecular formula is C11H18N2O3. The second-order valence-corrected chi connectivity index (χ2v) is 4.22. The first kappa shape index (κ1) is 11.6. The van der Waals surface area contributed by atoms with E-state index in [-0.39, 0.29) is 6.10 Å². The smallest absolute Gasteiger partial charge is 0.162 e. The van der Waals surface area contributed by atoms with Crippen LogP contribution in [-0.4, -0.2) is 24.4 Å². The van der Waals surface area contributed by atoms with Crippen molar-refractivity contribution >= 4 is 0 Å². The molecule has 1 aliphatic rings. The average molecular weight is 226 g/mol. The van der Waals surface area contributed by atoms with Crippen LogP contribution in [0.2, 0.25) is 0 Å². The highest BCUT2D eigenvalue weighted by molar-refractivity contribution is 5.03. The van der Waals surface area contributed by atoms with E-state index in [4.69, 9.17) is 19.7 Å². The van der Waals surface area contributed by atoms with Gasteiger partial charge in [-0.1, -0.05) is 5.16 Å². The van der Waals surface area contributed by atoms with Gasteiger partial charge in [0.25, 0.3) is 0 Å². The van der Waals surface area contributed by atoms with E-state index in [9.17, 15) is 0 Å². The van der Waals surface area contributed by atoms with E-state index in [1.807, 2.05) is 6.07 Å². The van der Waals surface area contributed by atoms with Crippen molar-refractivity contribution in [2.24, 2.45) is 5.73 Å². The minimum Gasteiger partial charge on any atom is -0.377 e. The van der Waals surface area contributed by atoms with Gasteiger partial charge in [-0.15, -0.1) is 0 Å². The van der Waals surface area contributed by atoms with Crippen molar-refractivity contribution in [1.82, 2.24) is 5.16 Å². The summed E-state index contributed by atoms with van der Waals surface area (Å²) >= 11 is 0. The predicted molar refractivity (Wildman–Crippen MR) is 57.6 cm³/mol. The second kappa shape index (κ2) is 5.43. The van der Waals surface area contributed by atoms with E-state index in [2.05, 4.69) is 5.16 Å². The third-order valence-corrected chi connectivity index (χ3v) is 2.79. The van der Waals surface area contributed by atoms with E-state index < -0.39 is 0 Å². The molecule has 5 heteroatoms. The zero-order valence-electron chi connectivity index (χ0n) is 9.52. The zero-order chi connectivity index (χ0) is 11.4. The number of hydrogen-bond acceptors (Lipinski definition) is 5. The molecule has 0 radical (unpaired) electrons. The van der Waals surface area contributed by atoms with Gasteiger partial charge < -0.3 is 19.7 Å². The van der Waals surface area contributed by atoms with Crippen molar-refractivity contribution in [3.63, 3.8) is 0 Å². The molecule has 2 atom stereocenters. The summed E-state index contributed by atoms with van der Waals surface area (Å²) in [4.78, 5) is 0. The van der Waals surface area contributed by atoms with Crippen LogP contribution in [0.1, 0.15) is 30.7 Å². The number of rotatable bonds is 5. The first-order valence-electron chi connectivity index (χ1n) is 5.58. The predicted octanol–water partition coefficient (Wildman–Crippen LogP) is 1.22. The van der Waals surface area contributed by atoms with Gasteiger partial charge in [-0.05, 0) is 19.3 Å². The van der Waals surface area contributed by atoms with Gasteiger partial charge in [-0.3, -0.25) is 0 Å². The van der Waals surface area contributed by atoms with Crippen LogP contribution in [-0.2, 0) is 22.7 Å². The maximum Gasteiger partial charge on any atom is 0.162 e. The fraction of sp³-hybridized carbons (Fsp3) is 0.727. The Morgan fingerprint density at radius 3 is 3.06 bits per heavy atom. The molecule has 0 amide bonds. The third kappa shape index (κ3) is 3.04. The maximum absolute atomic E-state index is 5.81. The van der Waals surface area contributed by atoms with E-state index in [0.29, 0.717) is 19.3 Å². The van der Waals surface area contributed by atoms with Crippen LogP contribution in [0.15, 0.2) is 10.6 Å². The van der Waals surface area contributed by atoms with Gasteiger partial charge in [0.2, 0.25) is 0 Å². The fourth-order valence-electron chi connectivity index (χ4n) is 1.96. The molecule has 1 fully saturated rings. The van der Waals surface area contributed by atoms with Gasteiger partial charge in [-0.25, -0.2) is 0 Å². The van der Waals surface area contributed by atoms with Crippen molar-refractivity contribution in [1.29, 1.82) is 0 Å². The van der Waals surface area contributed by atoms with Crippen molar-refractivity contribution in [2.45, 2.75) is 44.6 Å². The summed E-state index contributed by atoms with van der Waals surface area (Å²) in [5.74, 6) is 0.726. The first-order chi connectivity index (χ1) is 7.78. The molecule has 5 nitrogen and oxygen atoms in total. The summed E-state index contributed by atoms with van der Waals surface area (Å²) in [5, 5.41) is 3.90. The Balaban J connectivity index is 1.76. The Morgan fingerprint density at radius 2 is 2.38 bits per heavy atom. The summed E-state index contributed by atoms with van der Waals surface area (Å²) < 4.78 is 15.7. The monoisotopic (exact) mass is 226 g/mol. The lowest BCUT2D eigenvalue weighted by Crippen LogP contribution is -2.17. The van der Waals surface area contributed by atoms with E-state index in [1.54, 1.807) is 7.11 Å². The molecule has 0 aromatic carbocycles. The Bertz CT molecular complexity index is 327. The number of hydrogen-bond donors (Lipinski definition) is 1. The molecule has 2 N–H and O–H groups in total. The number of aromatic nitrogens is 1. The Kier molecular flexibility index (Phi) is 3.93. The molecule has 0 spiro atoms. The third-order valence-electron chi connectivity index (χ3n) is 2.79. The SMILES string of the molecule is COCc1cc(COC2CCC(N)C2)no1. The summed E-state index contributed by atoms with van der Waals surface area (Å²) in [7, 11) is 1.62. The van der Waals surface area contributed by atoms with E-state index >= 15 is 0 Å². The maximum atomic E-state index is 5.81. The van der Waals surface area contributed by atoms with E-state index in [0.717, 1.165) is 30.7 Å². The first-order valence-corrected chi connectivity index (χ1v) is 5.58. The van der Waals surface area contributed by atoms with Crippen molar-refractivity contribution in [3.05, 3.63) is 17.5 Å². The van der Waals surface area contributed by atoms with Crippen LogP contribution in [0.3, 0.4) is 0 Å². The lowest BCUT2D eigenvalue weighted by molar-refractivity contribution is 0.0414. The minimum absolute atomic E-state index is 0.276. The van der Waals surface area contributed by atoms with Crippen LogP contribution in [0.5, 0.6) is 0 Å². The molecule has 0 saturated heterocycles. The molecule has 0 aliphatic heterocycles. The lowest BCUT2D eigenvalue weighted by Gasteiger charge is -2.09. The fourth-order valence-corrected chi connectivity index (χ4v) is 1.96. The largest absolute Gasteiger partial charge is 0.377 e. The lowest BCUT2D eigenvalue weighted by atomic mass is 10.3. The molecule has 1 heterocycles. The summed E-state index contributed by atoms with van der Waals surface area (Å²) in [6.45, 7) is 0.936. The topological polar surface area (TPSA) is 70.5 Å². The number of ether oxygens (including phenoxy) is 2. The molecule has 1 aliphatic carbocycles. The van der Waals surface area contributed by atoms with Gasteiger partial charge in [-0.2, -0.15) is 0 Å². The highest BCUT2D eigenvalue weighted by atomic mass is 16.5. The van der Waals surface area contributed by atoms with Gasteiger partial charge in [0, 0.05) is 19.2 Å². The van der Waals surface area contributed by atoms with Gasteiger partial charge in [0.05, 0.1) is 12.7 Å². The summed E-state index contributed by atoms with van der Waals surface area (Å²) in [5.41, 5.74) is 6.62. The highest BCUT2D eigenvalue weighted by Gasteiger charge is 2.22. The molecule has 2 rings (SSSR count). The molecule has 1 aromatic rings. The van der Waals surface area contributed by atoms with Crippen LogP contribution in [0, 0.1) is 0 Å². The standard InChI is InChI=1S/C11H18N2O3/c1-14-7-11-5-9(13-16-11)6-15-10-3-2-8(12)4-10/h5,8,10H,2-4,6-7,12H2,1H3. The molecule has 1 saturated carbocycles. The number of nitrogens with two attached hydrogens (primary N) is 1. The van der Waals surface area contributed by atoms with Gasteiger partial charge >= 0.3 is 0 Å². The number of methoxy groups -OCH3 is 1. The second-order valence-electron chi connectivity index (χ2n) is 4.22. The summed E-state index contributed by atoms with van der Waals surface area (Å²) in [6, 6.07) is 2.16. The van der Waals surface area contributed by atoms with Crippen molar-refractivity contribution < 1.29 is 14.0 Å². The van der Waals surface area contributed by atoms with Crippen LogP contribution in [0.4, 0.5) is 0 Å². The van der Waals surface area contributed by atoms with Crippen LogP contribution in [0.25, 0.3) is 0 Å².